The summed E-state index contributed by atoms with van der Waals surface area (Å²) < 4.78 is 0. The van der Waals surface area contributed by atoms with Crippen LogP contribution in [0.1, 0.15) is 37.4 Å². The van der Waals surface area contributed by atoms with E-state index in [1.165, 1.54) is 0 Å². The zero-order chi connectivity index (χ0) is 12.3. The number of pyridine rings is 1. The molecule has 2 unspecified atom stereocenters. The monoisotopic (exact) mass is 242 g/mol. The zero-order valence-corrected chi connectivity index (χ0v) is 10.4. The highest BCUT2D eigenvalue weighted by Gasteiger charge is 2.27. The van der Waals surface area contributed by atoms with Gasteiger partial charge in [-0.25, -0.2) is 0 Å². The van der Waals surface area contributed by atoms with Crippen LogP contribution in [0.4, 0.5) is 5.69 Å². The first-order chi connectivity index (χ1) is 7.49. The van der Waals surface area contributed by atoms with Gasteiger partial charge in [-0.15, -0.1) is 11.6 Å². The smallest absolute Gasteiger partial charge is 0.258 e. The van der Waals surface area contributed by atoms with Gasteiger partial charge >= 0.3 is 0 Å². The molecule has 0 N–H and O–H groups in total. The second kappa shape index (κ2) is 5.25. The molecule has 1 aromatic heterocycles. The Bertz CT molecular complexity index is 394. The first-order valence-corrected chi connectivity index (χ1v) is 5.66. The van der Waals surface area contributed by atoms with E-state index in [4.69, 9.17) is 11.6 Å². The molecule has 1 heterocycles. The van der Waals surface area contributed by atoms with Crippen molar-refractivity contribution in [3.8, 4) is 0 Å². The Morgan fingerprint density at radius 2 is 2.25 bits per heavy atom. The van der Waals surface area contributed by atoms with E-state index in [2.05, 4.69) is 4.98 Å². The number of alkyl halides is 1. The predicted molar refractivity (Wildman–Crippen MR) is 64.0 cm³/mol. The second-order valence-corrected chi connectivity index (χ2v) is 4.50. The van der Waals surface area contributed by atoms with Gasteiger partial charge < -0.3 is 0 Å². The van der Waals surface area contributed by atoms with E-state index in [9.17, 15) is 10.1 Å². The van der Waals surface area contributed by atoms with Gasteiger partial charge in [0.05, 0.1) is 4.92 Å². The van der Waals surface area contributed by atoms with Gasteiger partial charge in [-0.1, -0.05) is 6.92 Å². The van der Waals surface area contributed by atoms with Crippen molar-refractivity contribution in [2.75, 3.05) is 0 Å². The summed E-state index contributed by atoms with van der Waals surface area (Å²) in [4.78, 5) is 14.8. The number of nitro groups is 1. The number of hydrogen-bond donors (Lipinski definition) is 0. The van der Waals surface area contributed by atoms with Gasteiger partial charge in [-0.05, 0) is 26.3 Å². The predicted octanol–water partition coefficient (Wildman–Crippen LogP) is 3.42. The largest absolute Gasteiger partial charge is 0.293 e. The minimum atomic E-state index is -0.375. The van der Waals surface area contributed by atoms with Crippen molar-refractivity contribution in [1.82, 2.24) is 4.98 Å². The summed E-state index contributed by atoms with van der Waals surface area (Å²) in [6, 6.07) is 1.65. The Kier molecular flexibility index (Phi) is 4.24. The summed E-state index contributed by atoms with van der Waals surface area (Å²) >= 11 is 6.04. The van der Waals surface area contributed by atoms with Gasteiger partial charge in [0.25, 0.3) is 5.69 Å². The first kappa shape index (κ1) is 12.9. The number of aryl methyl sites for hydroxylation is 1. The van der Waals surface area contributed by atoms with Crippen LogP contribution in [0, 0.1) is 17.0 Å². The molecule has 0 spiro atoms. The van der Waals surface area contributed by atoms with E-state index in [1.807, 2.05) is 13.8 Å². The molecule has 0 saturated carbocycles. The molecule has 0 aliphatic heterocycles. The van der Waals surface area contributed by atoms with Crippen LogP contribution in [0.25, 0.3) is 0 Å². The third-order valence-electron chi connectivity index (χ3n) is 2.68. The van der Waals surface area contributed by atoms with Crippen molar-refractivity contribution in [2.24, 2.45) is 0 Å². The Morgan fingerprint density at radius 3 is 2.69 bits per heavy atom. The average molecular weight is 243 g/mol. The number of halogens is 1. The number of rotatable bonds is 4. The van der Waals surface area contributed by atoms with Gasteiger partial charge in [-0.2, -0.15) is 0 Å². The van der Waals surface area contributed by atoms with Crippen LogP contribution >= 0.6 is 11.6 Å². The highest BCUT2D eigenvalue weighted by atomic mass is 35.5. The van der Waals surface area contributed by atoms with Crippen LogP contribution < -0.4 is 0 Å². The lowest BCUT2D eigenvalue weighted by Gasteiger charge is -2.17. The van der Waals surface area contributed by atoms with Crippen molar-refractivity contribution < 1.29 is 4.92 Å². The highest BCUT2D eigenvalue weighted by Crippen LogP contribution is 2.33. The van der Waals surface area contributed by atoms with Crippen LogP contribution in [0.15, 0.2) is 12.3 Å². The van der Waals surface area contributed by atoms with Crippen molar-refractivity contribution in [3.05, 3.63) is 33.6 Å². The molecular weight excluding hydrogens is 228 g/mol. The van der Waals surface area contributed by atoms with Crippen LogP contribution in [-0.2, 0) is 0 Å². The molecule has 0 aliphatic carbocycles. The van der Waals surface area contributed by atoms with E-state index in [-0.39, 0.29) is 21.9 Å². The van der Waals surface area contributed by atoms with Gasteiger partial charge in [0.15, 0.2) is 0 Å². The molecule has 2 atom stereocenters. The van der Waals surface area contributed by atoms with Crippen LogP contribution in [0.3, 0.4) is 0 Å². The van der Waals surface area contributed by atoms with E-state index >= 15 is 0 Å². The fraction of sp³-hybridized carbons (Fsp3) is 0.545. The Hall–Kier alpha value is -1.16. The van der Waals surface area contributed by atoms with E-state index < -0.39 is 0 Å². The Balaban J connectivity index is 3.31. The van der Waals surface area contributed by atoms with Crippen molar-refractivity contribution in [3.63, 3.8) is 0 Å². The molecule has 4 nitrogen and oxygen atoms in total. The molecule has 88 valence electrons. The average Bonchev–Trinajstić information content (AvgIpc) is 2.17. The van der Waals surface area contributed by atoms with Crippen LogP contribution in [0.2, 0.25) is 0 Å². The summed E-state index contributed by atoms with van der Waals surface area (Å²) in [7, 11) is 0. The lowest BCUT2D eigenvalue weighted by molar-refractivity contribution is -0.386. The summed E-state index contributed by atoms with van der Waals surface area (Å²) in [5.41, 5.74) is 1.22. The van der Waals surface area contributed by atoms with E-state index in [0.29, 0.717) is 11.3 Å². The highest BCUT2D eigenvalue weighted by molar-refractivity contribution is 6.20. The first-order valence-electron chi connectivity index (χ1n) is 5.23. The Morgan fingerprint density at radius 1 is 1.62 bits per heavy atom. The minimum absolute atomic E-state index is 0.0815. The molecule has 0 amide bonds. The summed E-state index contributed by atoms with van der Waals surface area (Å²) in [6.07, 6.45) is 2.33. The van der Waals surface area contributed by atoms with Gasteiger partial charge in [0.1, 0.15) is 5.69 Å². The maximum absolute atomic E-state index is 11.0. The lowest BCUT2D eigenvalue weighted by atomic mass is 9.95. The molecule has 0 radical (unpaired) electrons. The third-order valence-corrected chi connectivity index (χ3v) is 2.99. The molecule has 0 aliphatic rings. The normalized spacial score (nSPS) is 14.5. The Labute approximate surface area is 99.8 Å². The minimum Gasteiger partial charge on any atom is -0.258 e. The van der Waals surface area contributed by atoms with Crippen LogP contribution in [-0.4, -0.2) is 15.3 Å². The maximum atomic E-state index is 11.0. The van der Waals surface area contributed by atoms with E-state index in [0.717, 1.165) is 6.42 Å². The molecule has 0 saturated heterocycles. The van der Waals surface area contributed by atoms with Gasteiger partial charge in [0, 0.05) is 23.1 Å². The van der Waals surface area contributed by atoms with Crippen LogP contribution in [0.5, 0.6) is 0 Å². The standard InChI is InChI=1S/C11H15ClN2O2/c1-4-9(8(3)12)10-11(14(15)16)7(2)5-6-13-10/h5-6,8-9H,4H2,1-3H3. The topological polar surface area (TPSA) is 56.0 Å². The molecule has 0 bridgehead atoms. The van der Waals surface area contributed by atoms with Crippen molar-refractivity contribution in [2.45, 2.75) is 38.5 Å². The van der Waals surface area contributed by atoms with Gasteiger partial charge in [0.2, 0.25) is 0 Å². The SMILES string of the molecule is CCC(c1nccc(C)c1[N+](=O)[O-])C(C)Cl. The molecule has 1 aromatic rings. The van der Waals surface area contributed by atoms with Crippen molar-refractivity contribution >= 4 is 17.3 Å². The summed E-state index contributed by atoms with van der Waals surface area (Å²) in [6.45, 7) is 5.51. The number of nitrogens with zero attached hydrogens (tertiary/aromatic N) is 2. The molecular formula is C11H15ClN2O2. The van der Waals surface area contributed by atoms with Gasteiger partial charge in [-0.3, -0.25) is 15.1 Å². The number of aromatic nitrogens is 1. The fourth-order valence-electron chi connectivity index (χ4n) is 1.82. The summed E-state index contributed by atoms with van der Waals surface area (Å²) in [5.74, 6) is -0.0815. The molecule has 1 rings (SSSR count). The molecule has 16 heavy (non-hydrogen) atoms. The number of hydrogen-bond acceptors (Lipinski definition) is 3. The quantitative estimate of drug-likeness (QED) is 0.462. The lowest BCUT2D eigenvalue weighted by Crippen LogP contribution is -2.13. The fourth-order valence-corrected chi connectivity index (χ4v) is 2.11. The molecule has 5 heteroatoms. The second-order valence-electron chi connectivity index (χ2n) is 3.81. The maximum Gasteiger partial charge on any atom is 0.293 e. The van der Waals surface area contributed by atoms with Crippen molar-refractivity contribution in [1.29, 1.82) is 0 Å². The van der Waals surface area contributed by atoms with E-state index in [1.54, 1.807) is 19.2 Å². The third kappa shape index (κ3) is 2.50. The molecule has 0 fully saturated rings. The molecule has 0 aromatic carbocycles. The summed E-state index contributed by atoms with van der Waals surface area (Å²) in [5, 5.41) is 10.8. The zero-order valence-electron chi connectivity index (χ0n) is 9.61.